The van der Waals surface area contributed by atoms with Gasteiger partial charge in [-0.15, -0.1) is 0 Å². The number of carbonyl (C=O) groups is 3. The molecule has 0 radical (unpaired) electrons. The summed E-state index contributed by atoms with van der Waals surface area (Å²) in [6.07, 6.45) is 2.85. The standard InChI is InChI=1S/C19H21FN4O5S/c20-13-6-5-12(14(11-13)29-19(28)21-7-3-4-16(25)26)10-15-17(27)23-18(30-15)24-9-2-1-8-22-24/h5-6,10-11,22H,1-4,7-9H2,(H,21,28)(H,25,26)/b15-10+. The van der Waals surface area contributed by atoms with Gasteiger partial charge >= 0.3 is 12.1 Å². The molecular formula is C19H21FN4O5S. The number of hydrazine groups is 1. The van der Waals surface area contributed by atoms with E-state index in [-0.39, 0.29) is 25.1 Å². The summed E-state index contributed by atoms with van der Waals surface area (Å²) in [5, 5.41) is 13.4. The highest BCUT2D eigenvalue weighted by Gasteiger charge is 2.27. The van der Waals surface area contributed by atoms with Gasteiger partial charge in [0.05, 0.1) is 4.91 Å². The number of carboxylic acids is 1. The number of amidine groups is 1. The maximum atomic E-state index is 13.7. The predicted octanol–water partition coefficient (Wildman–Crippen LogP) is 2.35. The van der Waals surface area contributed by atoms with E-state index < -0.39 is 23.8 Å². The van der Waals surface area contributed by atoms with Crippen molar-refractivity contribution >= 4 is 41.0 Å². The number of aliphatic carboxylic acids is 1. The first-order valence-electron chi connectivity index (χ1n) is 9.43. The van der Waals surface area contributed by atoms with Gasteiger partial charge in [0.25, 0.3) is 5.91 Å². The molecule has 0 aromatic heterocycles. The van der Waals surface area contributed by atoms with Crippen LogP contribution in [0.2, 0.25) is 0 Å². The minimum Gasteiger partial charge on any atom is -0.481 e. The van der Waals surface area contributed by atoms with Gasteiger partial charge in [-0.1, -0.05) is 0 Å². The lowest BCUT2D eigenvalue weighted by Crippen LogP contribution is -2.45. The van der Waals surface area contributed by atoms with E-state index in [2.05, 4.69) is 15.7 Å². The average Bonchev–Trinajstić information content (AvgIpc) is 3.08. The number of ether oxygens (including phenoxy) is 1. The van der Waals surface area contributed by atoms with Gasteiger partial charge in [-0.05, 0) is 49.2 Å². The van der Waals surface area contributed by atoms with Crippen LogP contribution in [-0.4, -0.2) is 52.9 Å². The monoisotopic (exact) mass is 436 g/mol. The molecule has 2 aliphatic rings. The molecule has 0 saturated carbocycles. The van der Waals surface area contributed by atoms with E-state index in [1.165, 1.54) is 30.0 Å². The minimum atomic E-state index is -0.968. The highest BCUT2D eigenvalue weighted by Crippen LogP contribution is 2.32. The number of amides is 2. The first-order chi connectivity index (χ1) is 14.4. The number of carbonyl (C=O) groups excluding carboxylic acids is 2. The van der Waals surface area contributed by atoms with E-state index in [1.54, 1.807) is 0 Å². The van der Waals surface area contributed by atoms with E-state index in [9.17, 15) is 18.8 Å². The Labute approximate surface area is 176 Å². The second-order valence-electron chi connectivity index (χ2n) is 6.57. The molecule has 30 heavy (non-hydrogen) atoms. The van der Waals surface area contributed by atoms with Crippen molar-refractivity contribution in [2.75, 3.05) is 19.6 Å². The topological polar surface area (TPSA) is 120 Å². The third kappa shape index (κ3) is 6.04. The van der Waals surface area contributed by atoms with Crippen molar-refractivity contribution in [1.82, 2.24) is 15.8 Å². The number of nitrogens with zero attached hydrogens (tertiary/aromatic N) is 2. The molecule has 0 spiro atoms. The van der Waals surface area contributed by atoms with Crippen LogP contribution in [0.3, 0.4) is 0 Å². The highest BCUT2D eigenvalue weighted by atomic mass is 32.2. The van der Waals surface area contributed by atoms with Crippen molar-refractivity contribution in [3.63, 3.8) is 0 Å². The fraction of sp³-hybridized carbons (Fsp3) is 0.368. The molecule has 1 aromatic rings. The number of rotatable bonds is 6. The molecule has 3 N–H and O–H groups in total. The van der Waals surface area contributed by atoms with Gasteiger partial charge in [0.1, 0.15) is 11.6 Å². The number of thioether (sulfide) groups is 1. The van der Waals surface area contributed by atoms with Crippen LogP contribution in [-0.2, 0) is 9.59 Å². The zero-order valence-electron chi connectivity index (χ0n) is 16.0. The molecule has 1 saturated heterocycles. The van der Waals surface area contributed by atoms with Crippen LogP contribution in [0.4, 0.5) is 9.18 Å². The maximum absolute atomic E-state index is 13.7. The Kier molecular flexibility index (Phi) is 7.41. The summed E-state index contributed by atoms with van der Waals surface area (Å²) < 4.78 is 18.8. The molecule has 11 heteroatoms. The number of benzene rings is 1. The molecule has 0 atom stereocenters. The summed E-state index contributed by atoms with van der Waals surface area (Å²) in [7, 11) is 0. The number of hydrogen-bond acceptors (Lipinski definition) is 7. The van der Waals surface area contributed by atoms with Gasteiger partial charge in [-0.25, -0.2) is 14.6 Å². The highest BCUT2D eigenvalue weighted by molar-refractivity contribution is 8.18. The Hall–Kier alpha value is -2.92. The lowest BCUT2D eigenvalue weighted by Gasteiger charge is -2.28. The Balaban J connectivity index is 1.67. The van der Waals surface area contributed by atoms with Gasteiger partial charge in [0, 0.05) is 37.7 Å². The number of nitrogens with one attached hydrogen (secondary N) is 2. The number of halogens is 1. The largest absolute Gasteiger partial charge is 0.481 e. The summed E-state index contributed by atoms with van der Waals surface area (Å²) in [5.74, 6) is -2.05. The third-order valence-corrected chi connectivity index (χ3v) is 5.26. The van der Waals surface area contributed by atoms with E-state index in [0.717, 1.165) is 32.0 Å². The van der Waals surface area contributed by atoms with Crippen LogP contribution < -0.4 is 15.5 Å². The molecule has 2 heterocycles. The van der Waals surface area contributed by atoms with Crippen LogP contribution in [0.5, 0.6) is 5.75 Å². The predicted molar refractivity (Wildman–Crippen MR) is 109 cm³/mol. The lowest BCUT2D eigenvalue weighted by molar-refractivity contribution is -0.137. The van der Waals surface area contributed by atoms with Crippen molar-refractivity contribution in [1.29, 1.82) is 0 Å². The molecule has 0 aliphatic carbocycles. The second kappa shape index (κ2) is 10.2. The molecule has 2 amide bonds. The molecule has 3 rings (SSSR count). The average molecular weight is 436 g/mol. The summed E-state index contributed by atoms with van der Waals surface area (Å²) in [4.78, 5) is 39.1. The van der Waals surface area contributed by atoms with Crippen molar-refractivity contribution < 1.29 is 28.6 Å². The Bertz CT molecular complexity index is 899. The zero-order valence-corrected chi connectivity index (χ0v) is 16.8. The Morgan fingerprint density at radius 3 is 2.97 bits per heavy atom. The van der Waals surface area contributed by atoms with Crippen LogP contribution in [0, 0.1) is 5.82 Å². The van der Waals surface area contributed by atoms with Crippen molar-refractivity contribution in [2.24, 2.45) is 4.99 Å². The summed E-state index contributed by atoms with van der Waals surface area (Å²) in [5.41, 5.74) is 3.52. The fourth-order valence-corrected chi connectivity index (χ4v) is 3.70. The van der Waals surface area contributed by atoms with Crippen LogP contribution in [0.1, 0.15) is 31.2 Å². The first-order valence-corrected chi connectivity index (χ1v) is 10.2. The molecule has 2 aliphatic heterocycles. The molecule has 0 unspecified atom stereocenters. The van der Waals surface area contributed by atoms with Crippen LogP contribution >= 0.6 is 11.8 Å². The zero-order chi connectivity index (χ0) is 21.5. The lowest BCUT2D eigenvalue weighted by atomic mass is 10.2. The minimum absolute atomic E-state index is 0.0591. The molecule has 9 nitrogen and oxygen atoms in total. The summed E-state index contributed by atoms with van der Waals surface area (Å²) in [6, 6.07) is 3.64. The summed E-state index contributed by atoms with van der Waals surface area (Å²) in [6.45, 7) is 1.66. The Morgan fingerprint density at radius 1 is 1.40 bits per heavy atom. The van der Waals surface area contributed by atoms with E-state index >= 15 is 0 Å². The molecule has 1 fully saturated rings. The van der Waals surface area contributed by atoms with Crippen LogP contribution in [0.25, 0.3) is 6.08 Å². The first kappa shape index (κ1) is 21.8. The second-order valence-corrected chi connectivity index (χ2v) is 7.58. The van der Waals surface area contributed by atoms with Gasteiger partial charge in [-0.2, -0.15) is 4.99 Å². The maximum Gasteiger partial charge on any atom is 0.412 e. The third-order valence-electron chi connectivity index (χ3n) is 4.25. The van der Waals surface area contributed by atoms with E-state index in [4.69, 9.17) is 9.84 Å². The normalized spacial score (nSPS) is 17.8. The van der Waals surface area contributed by atoms with E-state index in [1.807, 2.05) is 5.01 Å². The number of hydrogen-bond donors (Lipinski definition) is 3. The van der Waals surface area contributed by atoms with Crippen LogP contribution in [0.15, 0.2) is 28.1 Å². The molecule has 1 aromatic carbocycles. The van der Waals surface area contributed by atoms with Crippen molar-refractivity contribution in [3.05, 3.63) is 34.5 Å². The van der Waals surface area contributed by atoms with E-state index in [0.29, 0.717) is 15.6 Å². The fourth-order valence-electron chi connectivity index (χ4n) is 2.79. The number of aliphatic imine (C=N–C) groups is 1. The van der Waals surface area contributed by atoms with Gasteiger partial charge < -0.3 is 15.2 Å². The van der Waals surface area contributed by atoms with Crippen molar-refractivity contribution in [3.8, 4) is 5.75 Å². The smallest absolute Gasteiger partial charge is 0.412 e. The van der Waals surface area contributed by atoms with Gasteiger partial charge in [0.2, 0.25) is 0 Å². The van der Waals surface area contributed by atoms with Gasteiger partial charge in [0.15, 0.2) is 5.17 Å². The molecule has 0 bridgehead atoms. The Morgan fingerprint density at radius 2 is 2.23 bits per heavy atom. The molecule has 160 valence electrons. The van der Waals surface area contributed by atoms with Gasteiger partial charge in [-0.3, -0.25) is 14.6 Å². The van der Waals surface area contributed by atoms with Crippen molar-refractivity contribution in [2.45, 2.75) is 25.7 Å². The number of carboxylic acid groups (broad SMARTS) is 1. The molecular weight excluding hydrogens is 415 g/mol. The quantitative estimate of drug-likeness (QED) is 0.459. The SMILES string of the molecule is O=C(O)CCCNC(=O)Oc1cc(F)ccc1/C=C1/SC(N2CCCCN2)=NC1=O. The summed E-state index contributed by atoms with van der Waals surface area (Å²) >= 11 is 1.19.